The third kappa shape index (κ3) is 9.71. The topological polar surface area (TPSA) is 141 Å². The number of primary amides is 1. The van der Waals surface area contributed by atoms with Gasteiger partial charge in [0.05, 0.1) is 6.20 Å². The molecule has 0 aliphatic carbocycles. The average molecular weight is 586 g/mol. The standard InChI is InChI=1S/C32H43N9O2/c1-4-17-34-31-28(22-35-32(39-31)38-25-14-12-23(13-15-25)30(33)43)37-27-9-5-8-26(21-27)36-24-10-6-19-41(20-16-24)29(42)11-7-18-40(2)3/h5,7-9,11-15,21-22,24,36-37H,4,6,10,16-20H2,1-3H3,(H2,33,43)(H2,34,35,38,39)/b11-7+. The summed E-state index contributed by atoms with van der Waals surface area (Å²) >= 11 is 0. The van der Waals surface area contributed by atoms with Crippen LogP contribution >= 0.6 is 0 Å². The molecule has 0 bridgehead atoms. The molecule has 228 valence electrons. The highest BCUT2D eigenvalue weighted by molar-refractivity contribution is 5.93. The molecular weight excluding hydrogens is 542 g/mol. The number of carbonyl (C=O) groups excluding carboxylic acids is 2. The van der Waals surface area contributed by atoms with E-state index in [1.807, 2.05) is 42.1 Å². The molecule has 4 rings (SSSR count). The van der Waals surface area contributed by atoms with Crippen molar-refractivity contribution in [2.75, 3.05) is 61.5 Å². The Morgan fingerprint density at radius 2 is 1.84 bits per heavy atom. The van der Waals surface area contributed by atoms with Crippen LogP contribution < -0.4 is 27.0 Å². The fraction of sp³-hybridized carbons (Fsp3) is 0.375. The van der Waals surface area contributed by atoms with E-state index in [0.717, 1.165) is 74.6 Å². The van der Waals surface area contributed by atoms with Crippen molar-refractivity contribution in [3.05, 3.63) is 72.4 Å². The molecule has 3 aromatic rings. The number of anilines is 6. The van der Waals surface area contributed by atoms with Gasteiger partial charge in [-0.15, -0.1) is 0 Å². The summed E-state index contributed by atoms with van der Waals surface area (Å²) in [4.78, 5) is 37.1. The minimum Gasteiger partial charge on any atom is -0.382 e. The quantitative estimate of drug-likeness (QED) is 0.179. The number of hydrogen-bond acceptors (Lipinski definition) is 9. The number of rotatable bonds is 13. The lowest BCUT2D eigenvalue weighted by Crippen LogP contribution is -2.31. The number of amides is 2. The molecule has 0 saturated carbocycles. The summed E-state index contributed by atoms with van der Waals surface area (Å²) in [6.45, 7) is 5.13. The molecule has 1 saturated heterocycles. The van der Waals surface area contributed by atoms with Crippen LogP contribution in [-0.4, -0.2) is 77.9 Å². The molecule has 11 heteroatoms. The van der Waals surface area contributed by atoms with Crippen LogP contribution in [0.5, 0.6) is 0 Å². The summed E-state index contributed by atoms with van der Waals surface area (Å²) in [5, 5.41) is 13.7. The Morgan fingerprint density at radius 1 is 1.05 bits per heavy atom. The predicted octanol–water partition coefficient (Wildman–Crippen LogP) is 4.80. The number of nitrogens with zero attached hydrogens (tertiary/aromatic N) is 4. The first kappa shape index (κ1) is 31.3. The summed E-state index contributed by atoms with van der Waals surface area (Å²) in [5.41, 5.74) is 9.21. The van der Waals surface area contributed by atoms with Gasteiger partial charge in [-0.1, -0.05) is 19.1 Å². The highest BCUT2D eigenvalue weighted by Gasteiger charge is 2.19. The average Bonchev–Trinajstić information content (AvgIpc) is 3.23. The van der Waals surface area contributed by atoms with Crippen molar-refractivity contribution in [3.8, 4) is 0 Å². The van der Waals surface area contributed by atoms with Gasteiger partial charge in [-0.2, -0.15) is 4.98 Å². The Labute approximate surface area is 254 Å². The summed E-state index contributed by atoms with van der Waals surface area (Å²) in [5.74, 6) is 0.728. The summed E-state index contributed by atoms with van der Waals surface area (Å²) in [6.07, 6.45) is 9.16. The predicted molar refractivity (Wildman–Crippen MR) is 174 cm³/mol. The number of nitrogens with one attached hydrogen (secondary N) is 4. The monoisotopic (exact) mass is 585 g/mol. The second-order valence-electron chi connectivity index (χ2n) is 10.9. The highest BCUT2D eigenvalue weighted by Crippen LogP contribution is 2.27. The second-order valence-corrected chi connectivity index (χ2v) is 10.9. The number of likely N-dealkylation sites (N-methyl/N-ethyl adjacent to an activating group) is 1. The van der Waals surface area contributed by atoms with Gasteiger partial charge in [-0.3, -0.25) is 9.59 Å². The lowest BCUT2D eigenvalue weighted by molar-refractivity contribution is -0.126. The maximum absolute atomic E-state index is 12.6. The zero-order chi connectivity index (χ0) is 30.6. The van der Waals surface area contributed by atoms with Gasteiger partial charge in [0.1, 0.15) is 5.69 Å². The van der Waals surface area contributed by atoms with Gasteiger partial charge in [0, 0.05) is 60.9 Å². The van der Waals surface area contributed by atoms with Crippen LogP contribution in [0.25, 0.3) is 0 Å². The van der Waals surface area contributed by atoms with Crippen LogP contribution in [0.2, 0.25) is 0 Å². The van der Waals surface area contributed by atoms with Gasteiger partial charge in [-0.05, 0) is 82.2 Å². The Hall–Kier alpha value is -4.64. The van der Waals surface area contributed by atoms with E-state index in [0.29, 0.717) is 17.3 Å². The first-order chi connectivity index (χ1) is 20.8. The van der Waals surface area contributed by atoms with Crippen LogP contribution in [0.4, 0.5) is 34.5 Å². The molecule has 0 spiro atoms. The molecular formula is C32H43N9O2. The minimum absolute atomic E-state index is 0.0885. The third-order valence-corrected chi connectivity index (χ3v) is 7.04. The molecule has 1 aliphatic rings. The molecule has 2 heterocycles. The number of hydrogen-bond donors (Lipinski definition) is 5. The second kappa shape index (κ2) is 15.5. The van der Waals surface area contributed by atoms with E-state index in [4.69, 9.17) is 10.7 Å². The SMILES string of the molecule is CCCNc1nc(Nc2ccc(C(N)=O)cc2)ncc1Nc1cccc(NC2CCCN(C(=O)/C=C/CN(C)C)CC2)c1. The van der Waals surface area contributed by atoms with Crippen LogP contribution in [-0.2, 0) is 4.79 Å². The van der Waals surface area contributed by atoms with Gasteiger partial charge in [-0.25, -0.2) is 4.98 Å². The number of benzene rings is 2. The van der Waals surface area contributed by atoms with Crippen molar-refractivity contribution in [2.45, 2.75) is 38.6 Å². The van der Waals surface area contributed by atoms with Gasteiger partial charge in [0.15, 0.2) is 5.82 Å². The summed E-state index contributed by atoms with van der Waals surface area (Å²) < 4.78 is 0. The van der Waals surface area contributed by atoms with Crippen molar-refractivity contribution in [2.24, 2.45) is 5.73 Å². The van der Waals surface area contributed by atoms with E-state index in [1.54, 1.807) is 36.5 Å². The molecule has 11 nitrogen and oxygen atoms in total. The third-order valence-electron chi connectivity index (χ3n) is 7.04. The van der Waals surface area contributed by atoms with Crippen molar-refractivity contribution < 1.29 is 9.59 Å². The number of aromatic nitrogens is 2. The van der Waals surface area contributed by atoms with Crippen molar-refractivity contribution in [1.82, 2.24) is 19.8 Å². The Kier molecular flexibility index (Phi) is 11.3. The number of nitrogens with two attached hydrogens (primary N) is 1. The normalized spacial score (nSPS) is 15.3. The molecule has 43 heavy (non-hydrogen) atoms. The molecule has 2 aromatic carbocycles. The molecule has 1 aromatic heterocycles. The van der Waals surface area contributed by atoms with E-state index < -0.39 is 5.91 Å². The van der Waals surface area contributed by atoms with Crippen LogP contribution in [0.1, 0.15) is 43.0 Å². The molecule has 1 fully saturated rings. The lowest BCUT2D eigenvalue weighted by Gasteiger charge is -2.20. The van der Waals surface area contributed by atoms with E-state index in [9.17, 15) is 9.59 Å². The van der Waals surface area contributed by atoms with Gasteiger partial charge >= 0.3 is 0 Å². The van der Waals surface area contributed by atoms with Gasteiger partial charge in [0.25, 0.3) is 0 Å². The fourth-order valence-electron chi connectivity index (χ4n) is 4.77. The smallest absolute Gasteiger partial charge is 0.248 e. The van der Waals surface area contributed by atoms with Gasteiger partial charge < -0.3 is 36.8 Å². The minimum atomic E-state index is -0.472. The summed E-state index contributed by atoms with van der Waals surface area (Å²) in [7, 11) is 3.98. The Bertz CT molecular complexity index is 1390. The van der Waals surface area contributed by atoms with Crippen LogP contribution in [0.15, 0.2) is 66.9 Å². The molecule has 6 N–H and O–H groups in total. The zero-order valence-corrected chi connectivity index (χ0v) is 25.3. The van der Waals surface area contributed by atoms with Crippen molar-refractivity contribution >= 4 is 46.3 Å². The molecule has 1 aliphatic heterocycles. The van der Waals surface area contributed by atoms with Gasteiger partial charge in [0.2, 0.25) is 17.8 Å². The van der Waals surface area contributed by atoms with E-state index in [-0.39, 0.29) is 11.9 Å². The summed E-state index contributed by atoms with van der Waals surface area (Å²) in [6, 6.07) is 15.3. The van der Waals surface area contributed by atoms with Crippen LogP contribution in [0.3, 0.4) is 0 Å². The number of likely N-dealkylation sites (tertiary alicyclic amines) is 1. The molecule has 0 radical (unpaired) electrons. The fourth-order valence-corrected chi connectivity index (χ4v) is 4.77. The molecule has 1 atom stereocenters. The van der Waals surface area contributed by atoms with E-state index >= 15 is 0 Å². The maximum atomic E-state index is 12.6. The largest absolute Gasteiger partial charge is 0.382 e. The van der Waals surface area contributed by atoms with Crippen molar-refractivity contribution in [3.63, 3.8) is 0 Å². The van der Waals surface area contributed by atoms with E-state index in [2.05, 4.69) is 45.3 Å². The van der Waals surface area contributed by atoms with E-state index in [1.165, 1.54) is 0 Å². The molecule has 2 amide bonds. The maximum Gasteiger partial charge on any atom is 0.248 e. The van der Waals surface area contributed by atoms with Crippen LogP contribution in [0, 0.1) is 0 Å². The first-order valence-electron chi connectivity index (χ1n) is 14.8. The zero-order valence-electron chi connectivity index (χ0n) is 25.3. The van der Waals surface area contributed by atoms with Crippen molar-refractivity contribution in [1.29, 1.82) is 0 Å². The lowest BCUT2D eigenvalue weighted by atomic mass is 10.1. The molecule has 1 unspecified atom stereocenters. The first-order valence-corrected chi connectivity index (χ1v) is 14.8. The number of carbonyl (C=O) groups is 2. The highest BCUT2D eigenvalue weighted by atomic mass is 16.2. The Balaban J connectivity index is 1.39. The Morgan fingerprint density at radius 3 is 2.58 bits per heavy atom.